The van der Waals surface area contributed by atoms with Crippen molar-refractivity contribution in [2.45, 2.75) is 20.3 Å². The molecule has 0 spiro atoms. The zero-order chi connectivity index (χ0) is 13.0. The van der Waals surface area contributed by atoms with Gasteiger partial charge >= 0.3 is 0 Å². The Bertz CT molecular complexity index is 540. The van der Waals surface area contributed by atoms with Gasteiger partial charge in [-0.15, -0.1) is 0 Å². The lowest BCUT2D eigenvalue weighted by atomic mass is 10.0. The second kappa shape index (κ2) is 5.54. The average molecular weight is 244 g/mol. The van der Waals surface area contributed by atoms with Crippen LogP contribution in [0.5, 0.6) is 5.75 Å². The molecule has 94 valence electrons. The van der Waals surface area contributed by atoms with E-state index in [1.807, 2.05) is 25.1 Å². The van der Waals surface area contributed by atoms with E-state index in [4.69, 9.17) is 9.15 Å². The quantitative estimate of drug-likeness (QED) is 0.754. The highest BCUT2D eigenvalue weighted by Crippen LogP contribution is 2.23. The highest BCUT2D eigenvalue weighted by molar-refractivity contribution is 6.11. The number of ketones is 1. The van der Waals surface area contributed by atoms with Crippen molar-refractivity contribution >= 4 is 5.78 Å². The fourth-order valence-electron chi connectivity index (χ4n) is 1.76. The lowest BCUT2D eigenvalue weighted by Gasteiger charge is -2.09. The third kappa shape index (κ3) is 2.45. The van der Waals surface area contributed by atoms with Crippen LogP contribution in [0.2, 0.25) is 0 Å². The van der Waals surface area contributed by atoms with Crippen molar-refractivity contribution in [3.8, 4) is 5.75 Å². The summed E-state index contributed by atoms with van der Waals surface area (Å²) in [6, 6.07) is 8.98. The van der Waals surface area contributed by atoms with Crippen molar-refractivity contribution in [2.75, 3.05) is 6.61 Å². The molecule has 3 nitrogen and oxygen atoms in total. The number of para-hydroxylation sites is 1. The number of furan rings is 1. The van der Waals surface area contributed by atoms with E-state index >= 15 is 0 Å². The van der Waals surface area contributed by atoms with Crippen LogP contribution in [0.3, 0.4) is 0 Å². The van der Waals surface area contributed by atoms with Gasteiger partial charge in [0.15, 0.2) is 5.78 Å². The first kappa shape index (κ1) is 12.4. The molecule has 18 heavy (non-hydrogen) atoms. The molecule has 0 radical (unpaired) electrons. The van der Waals surface area contributed by atoms with Crippen LogP contribution in [-0.2, 0) is 0 Å². The lowest BCUT2D eigenvalue weighted by Crippen LogP contribution is -2.06. The molecule has 0 fully saturated rings. The predicted molar refractivity (Wildman–Crippen MR) is 69.1 cm³/mol. The van der Waals surface area contributed by atoms with E-state index in [9.17, 15) is 4.79 Å². The van der Waals surface area contributed by atoms with Crippen molar-refractivity contribution in [2.24, 2.45) is 0 Å². The number of rotatable bonds is 5. The largest absolute Gasteiger partial charge is 0.493 e. The Morgan fingerprint density at radius 1 is 1.22 bits per heavy atom. The molecule has 0 aliphatic heterocycles. The molecular weight excluding hydrogens is 228 g/mol. The van der Waals surface area contributed by atoms with Gasteiger partial charge in [0.1, 0.15) is 11.5 Å². The molecule has 0 N–H and O–H groups in total. The first-order chi connectivity index (χ1) is 8.74. The van der Waals surface area contributed by atoms with Crippen LogP contribution in [0.15, 0.2) is 41.0 Å². The van der Waals surface area contributed by atoms with E-state index in [0.717, 1.165) is 6.42 Å². The molecule has 0 bridgehead atoms. The Morgan fingerprint density at radius 3 is 2.67 bits per heavy atom. The van der Waals surface area contributed by atoms with Gasteiger partial charge in [0.2, 0.25) is 0 Å². The van der Waals surface area contributed by atoms with Crippen molar-refractivity contribution in [1.82, 2.24) is 0 Å². The minimum absolute atomic E-state index is 0.0621. The Hall–Kier alpha value is -2.03. The first-order valence-electron chi connectivity index (χ1n) is 6.04. The highest BCUT2D eigenvalue weighted by Gasteiger charge is 2.17. The smallest absolute Gasteiger partial charge is 0.200 e. The van der Waals surface area contributed by atoms with Gasteiger partial charge in [-0.2, -0.15) is 0 Å². The molecule has 0 aliphatic rings. The van der Waals surface area contributed by atoms with Crippen LogP contribution in [0.4, 0.5) is 0 Å². The SMILES string of the molecule is CCCOc1ccccc1C(=O)c1ccoc1C. The molecule has 0 atom stereocenters. The summed E-state index contributed by atoms with van der Waals surface area (Å²) in [6.45, 7) is 4.42. The minimum Gasteiger partial charge on any atom is -0.493 e. The summed E-state index contributed by atoms with van der Waals surface area (Å²) in [5.41, 5.74) is 1.16. The van der Waals surface area contributed by atoms with Gasteiger partial charge < -0.3 is 9.15 Å². The molecule has 0 amide bonds. The van der Waals surface area contributed by atoms with E-state index in [-0.39, 0.29) is 5.78 Å². The van der Waals surface area contributed by atoms with Gasteiger partial charge in [-0.1, -0.05) is 19.1 Å². The standard InChI is InChI=1S/C15H16O3/c1-3-9-18-14-7-5-4-6-13(14)15(16)12-8-10-17-11(12)2/h4-8,10H,3,9H2,1-2H3. The third-order valence-electron chi connectivity index (χ3n) is 2.70. The van der Waals surface area contributed by atoms with Gasteiger partial charge in [0, 0.05) is 0 Å². The van der Waals surface area contributed by atoms with Gasteiger partial charge in [0.25, 0.3) is 0 Å². The third-order valence-corrected chi connectivity index (χ3v) is 2.70. The average Bonchev–Trinajstić information content (AvgIpc) is 2.82. The minimum atomic E-state index is -0.0621. The molecular formula is C15H16O3. The number of carbonyl (C=O) groups is 1. The Morgan fingerprint density at radius 2 is 2.00 bits per heavy atom. The van der Waals surface area contributed by atoms with Crippen LogP contribution >= 0.6 is 0 Å². The van der Waals surface area contributed by atoms with Gasteiger partial charge in [-0.25, -0.2) is 0 Å². The van der Waals surface area contributed by atoms with Gasteiger partial charge in [-0.3, -0.25) is 4.79 Å². The highest BCUT2D eigenvalue weighted by atomic mass is 16.5. The number of hydrogen-bond donors (Lipinski definition) is 0. The summed E-state index contributed by atoms with van der Waals surface area (Å²) in [5.74, 6) is 1.20. The van der Waals surface area contributed by atoms with Crippen molar-refractivity contribution in [3.63, 3.8) is 0 Å². The fraction of sp³-hybridized carbons (Fsp3) is 0.267. The van der Waals surface area contributed by atoms with Gasteiger partial charge in [0.05, 0.1) is 24.0 Å². The van der Waals surface area contributed by atoms with E-state index in [0.29, 0.717) is 29.2 Å². The molecule has 0 saturated heterocycles. The molecule has 2 aromatic rings. The van der Waals surface area contributed by atoms with Gasteiger partial charge in [-0.05, 0) is 31.5 Å². The molecule has 1 aromatic carbocycles. The first-order valence-corrected chi connectivity index (χ1v) is 6.04. The van der Waals surface area contributed by atoms with E-state index < -0.39 is 0 Å². The topological polar surface area (TPSA) is 39.4 Å². The maximum absolute atomic E-state index is 12.4. The maximum atomic E-state index is 12.4. The van der Waals surface area contributed by atoms with Crippen LogP contribution in [0.25, 0.3) is 0 Å². The summed E-state index contributed by atoms with van der Waals surface area (Å²) in [5, 5.41) is 0. The number of benzene rings is 1. The van der Waals surface area contributed by atoms with Crippen molar-refractivity contribution < 1.29 is 13.9 Å². The zero-order valence-corrected chi connectivity index (χ0v) is 10.6. The Labute approximate surface area is 106 Å². The second-order valence-corrected chi connectivity index (χ2v) is 4.06. The lowest BCUT2D eigenvalue weighted by molar-refractivity contribution is 0.103. The van der Waals surface area contributed by atoms with E-state index in [1.54, 1.807) is 19.1 Å². The zero-order valence-electron chi connectivity index (χ0n) is 10.6. The Kier molecular flexibility index (Phi) is 3.82. The summed E-state index contributed by atoms with van der Waals surface area (Å²) >= 11 is 0. The predicted octanol–water partition coefficient (Wildman–Crippen LogP) is 3.61. The number of carbonyl (C=O) groups excluding carboxylic acids is 1. The molecule has 3 heteroatoms. The number of aryl methyl sites for hydroxylation is 1. The molecule has 1 heterocycles. The molecule has 0 unspecified atom stereocenters. The van der Waals surface area contributed by atoms with Crippen LogP contribution in [0.1, 0.15) is 35.0 Å². The van der Waals surface area contributed by atoms with E-state index in [2.05, 4.69) is 0 Å². The normalized spacial score (nSPS) is 10.3. The molecule has 0 saturated carbocycles. The monoisotopic (exact) mass is 244 g/mol. The summed E-state index contributed by atoms with van der Waals surface area (Å²) in [7, 11) is 0. The van der Waals surface area contributed by atoms with Crippen LogP contribution in [0, 0.1) is 6.92 Å². The van der Waals surface area contributed by atoms with Crippen molar-refractivity contribution in [3.05, 3.63) is 53.5 Å². The summed E-state index contributed by atoms with van der Waals surface area (Å²) in [6.07, 6.45) is 2.44. The van der Waals surface area contributed by atoms with Crippen molar-refractivity contribution in [1.29, 1.82) is 0 Å². The fourth-order valence-corrected chi connectivity index (χ4v) is 1.76. The molecule has 2 rings (SSSR count). The number of ether oxygens (including phenoxy) is 1. The molecule has 0 aliphatic carbocycles. The summed E-state index contributed by atoms with van der Waals surface area (Å²) < 4.78 is 10.8. The van der Waals surface area contributed by atoms with Crippen LogP contribution < -0.4 is 4.74 Å². The second-order valence-electron chi connectivity index (χ2n) is 4.06. The number of hydrogen-bond acceptors (Lipinski definition) is 3. The Balaban J connectivity index is 2.33. The van der Waals surface area contributed by atoms with E-state index in [1.165, 1.54) is 6.26 Å². The van der Waals surface area contributed by atoms with Crippen LogP contribution in [-0.4, -0.2) is 12.4 Å². The summed E-state index contributed by atoms with van der Waals surface area (Å²) in [4.78, 5) is 12.4. The molecule has 1 aromatic heterocycles. The maximum Gasteiger partial charge on any atom is 0.200 e.